The molecule has 19 heavy (non-hydrogen) atoms. The second-order valence-corrected chi connectivity index (χ2v) is 6.37. The molecule has 0 saturated heterocycles. The van der Waals surface area contributed by atoms with E-state index in [0.717, 1.165) is 38.6 Å². The fraction of sp³-hybridized carbons (Fsp3) is 0.286. The first-order valence-electron chi connectivity index (χ1n) is 6.01. The molecule has 0 aliphatic rings. The molecule has 2 nitrogen and oxygen atoms in total. The van der Waals surface area contributed by atoms with Gasteiger partial charge in [0.15, 0.2) is 5.82 Å². The zero-order valence-electron chi connectivity index (χ0n) is 10.7. The molecule has 5 heteroatoms. The Labute approximate surface area is 134 Å². The summed E-state index contributed by atoms with van der Waals surface area (Å²) in [7, 11) is 0. The van der Waals surface area contributed by atoms with Gasteiger partial charge < -0.3 is 0 Å². The largest absolute Gasteiger partial charge is 0.232 e. The van der Waals surface area contributed by atoms with Crippen molar-refractivity contribution in [2.75, 3.05) is 0 Å². The summed E-state index contributed by atoms with van der Waals surface area (Å²) >= 11 is 13.1. The predicted molar refractivity (Wildman–Crippen MR) is 86.6 cm³/mol. The van der Waals surface area contributed by atoms with Crippen LogP contribution in [-0.2, 0) is 6.42 Å². The van der Waals surface area contributed by atoms with E-state index in [1.807, 2.05) is 25.1 Å². The molecule has 0 radical (unpaired) electrons. The van der Waals surface area contributed by atoms with Gasteiger partial charge in [-0.2, -0.15) is 0 Å². The number of halogens is 3. The minimum Gasteiger partial charge on any atom is -0.232 e. The van der Waals surface area contributed by atoms with Gasteiger partial charge in [-0.15, -0.1) is 0 Å². The smallest absolute Gasteiger partial charge is 0.161 e. The van der Waals surface area contributed by atoms with Crippen LogP contribution >= 0.6 is 43.5 Å². The van der Waals surface area contributed by atoms with Gasteiger partial charge in [0.1, 0.15) is 5.15 Å². The maximum atomic E-state index is 6.19. The molecule has 0 fully saturated rings. The Morgan fingerprint density at radius 3 is 2.63 bits per heavy atom. The van der Waals surface area contributed by atoms with E-state index in [4.69, 9.17) is 11.6 Å². The molecule has 1 aromatic carbocycles. The Hall–Kier alpha value is -0.450. The molecular formula is C14H13Br2ClN2. The Kier molecular flexibility index (Phi) is 4.98. The quantitative estimate of drug-likeness (QED) is 0.624. The summed E-state index contributed by atoms with van der Waals surface area (Å²) in [5.41, 5.74) is 3.09. The number of aromatic nitrogens is 2. The second-order valence-electron chi connectivity index (χ2n) is 4.31. The van der Waals surface area contributed by atoms with Crippen LogP contribution in [0, 0.1) is 6.92 Å². The van der Waals surface area contributed by atoms with E-state index < -0.39 is 0 Å². The van der Waals surface area contributed by atoms with Crippen molar-refractivity contribution < 1.29 is 0 Å². The molecule has 0 aliphatic carbocycles. The van der Waals surface area contributed by atoms with Crippen LogP contribution in [0.3, 0.4) is 0 Å². The molecular weight excluding hydrogens is 391 g/mol. The molecule has 1 heterocycles. The average Bonchev–Trinajstić information content (AvgIpc) is 2.38. The monoisotopic (exact) mass is 402 g/mol. The highest BCUT2D eigenvalue weighted by Crippen LogP contribution is 2.30. The molecule has 0 aliphatic heterocycles. The van der Waals surface area contributed by atoms with Gasteiger partial charge in [-0.25, -0.2) is 9.97 Å². The summed E-state index contributed by atoms with van der Waals surface area (Å²) < 4.78 is 1.81. The van der Waals surface area contributed by atoms with E-state index in [2.05, 4.69) is 48.8 Å². The Morgan fingerprint density at radius 2 is 1.95 bits per heavy atom. The summed E-state index contributed by atoms with van der Waals surface area (Å²) in [6.07, 6.45) is 1.89. The van der Waals surface area contributed by atoms with Crippen molar-refractivity contribution in [2.45, 2.75) is 26.7 Å². The first kappa shape index (κ1) is 14.9. The van der Waals surface area contributed by atoms with Gasteiger partial charge in [0.05, 0.1) is 10.2 Å². The van der Waals surface area contributed by atoms with Crippen molar-refractivity contribution in [3.63, 3.8) is 0 Å². The van der Waals surface area contributed by atoms with Crippen LogP contribution in [0.25, 0.3) is 11.4 Å². The number of hydrogen-bond donors (Lipinski definition) is 0. The van der Waals surface area contributed by atoms with Crippen LogP contribution in [0.1, 0.15) is 24.6 Å². The minimum absolute atomic E-state index is 0.466. The molecule has 0 N–H and O–H groups in total. The topological polar surface area (TPSA) is 25.8 Å². The maximum Gasteiger partial charge on any atom is 0.161 e. The van der Waals surface area contributed by atoms with Crippen molar-refractivity contribution in [3.8, 4) is 11.4 Å². The fourth-order valence-corrected chi connectivity index (χ4v) is 2.75. The number of aryl methyl sites for hydroxylation is 2. The number of rotatable bonds is 3. The summed E-state index contributed by atoms with van der Waals surface area (Å²) in [6, 6.07) is 6.06. The van der Waals surface area contributed by atoms with Crippen LogP contribution in [0.15, 0.2) is 27.1 Å². The third kappa shape index (κ3) is 3.36. The molecule has 0 unspecified atom stereocenters. The van der Waals surface area contributed by atoms with Crippen LogP contribution in [-0.4, -0.2) is 9.97 Å². The molecule has 0 spiro atoms. The van der Waals surface area contributed by atoms with E-state index in [0.29, 0.717) is 11.0 Å². The lowest BCUT2D eigenvalue weighted by Gasteiger charge is -2.10. The van der Waals surface area contributed by atoms with Crippen LogP contribution in [0.4, 0.5) is 0 Å². The zero-order chi connectivity index (χ0) is 14.0. The van der Waals surface area contributed by atoms with Gasteiger partial charge in [-0.1, -0.05) is 46.9 Å². The number of hydrogen-bond acceptors (Lipinski definition) is 2. The number of nitrogens with zero attached hydrogens (tertiary/aromatic N) is 2. The van der Waals surface area contributed by atoms with Crippen LogP contribution in [0.2, 0.25) is 5.15 Å². The van der Waals surface area contributed by atoms with Gasteiger partial charge in [0, 0.05) is 10.0 Å². The Balaban J connectivity index is 2.59. The zero-order valence-corrected chi connectivity index (χ0v) is 14.6. The lowest BCUT2D eigenvalue weighted by molar-refractivity contribution is 0.867. The molecule has 1 aromatic heterocycles. The first-order valence-corrected chi connectivity index (χ1v) is 7.97. The van der Waals surface area contributed by atoms with Crippen LogP contribution < -0.4 is 0 Å². The third-order valence-electron chi connectivity index (χ3n) is 2.81. The highest BCUT2D eigenvalue weighted by atomic mass is 79.9. The predicted octanol–water partition coefficient (Wildman–Crippen LogP) is 5.58. The molecule has 0 saturated carbocycles. The van der Waals surface area contributed by atoms with Crippen LogP contribution in [0.5, 0.6) is 0 Å². The molecule has 0 bridgehead atoms. The molecule has 2 rings (SSSR count). The standard InChI is InChI=1S/C14H13Br2ClN2/c1-3-4-11-12(16)13(17)19-14(18-11)10-7-9(15)6-5-8(10)2/h5-7H,3-4H2,1-2H3. The van der Waals surface area contributed by atoms with E-state index >= 15 is 0 Å². The van der Waals surface area contributed by atoms with Gasteiger partial charge >= 0.3 is 0 Å². The van der Waals surface area contributed by atoms with E-state index in [-0.39, 0.29) is 0 Å². The van der Waals surface area contributed by atoms with Gasteiger partial charge in [-0.3, -0.25) is 0 Å². The van der Waals surface area contributed by atoms with Gasteiger partial charge in [-0.05, 0) is 47.0 Å². The lowest BCUT2D eigenvalue weighted by atomic mass is 10.1. The summed E-state index contributed by atoms with van der Waals surface area (Å²) in [5, 5.41) is 0.466. The molecule has 2 aromatic rings. The highest BCUT2D eigenvalue weighted by molar-refractivity contribution is 9.10. The van der Waals surface area contributed by atoms with Crippen molar-refractivity contribution in [3.05, 3.63) is 43.6 Å². The third-order valence-corrected chi connectivity index (χ3v) is 4.64. The van der Waals surface area contributed by atoms with E-state index in [1.54, 1.807) is 0 Å². The van der Waals surface area contributed by atoms with Gasteiger partial charge in [0.2, 0.25) is 0 Å². The minimum atomic E-state index is 0.466. The molecule has 0 amide bonds. The van der Waals surface area contributed by atoms with Crippen molar-refractivity contribution in [2.24, 2.45) is 0 Å². The van der Waals surface area contributed by atoms with E-state index in [9.17, 15) is 0 Å². The number of benzene rings is 1. The Morgan fingerprint density at radius 1 is 1.21 bits per heavy atom. The summed E-state index contributed by atoms with van der Waals surface area (Å²) in [5.74, 6) is 0.676. The first-order chi connectivity index (χ1) is 9.02. The normalized spacial score (nSPS) is 10.8. The van der Waals surface area contributed by atoms with Crippen molar-refractivity contribution in [1.82, 2.24) is 9.97 Å². The van der Waals surface area contributed by atoms with E-state index in [1.165, 1.54) is 0 Å². The average molecular weight is 405 g/mol. The maximum absolute atomic E-state index is 6.19. The lowest BCUT2D eigenvalue weighted by Crippen LogP contribution is -1.99. The van der Waals surface area contributed by atoms with Crippen molar-refractivity contribution >= 4 is 43.5 Å². The molecule has 100 valence electrons. The van der Waals surface area contributed by atoms with Crippen molar-refractivity contribution in [1.29, 1.82) is 0 Å². The summed E-state index contributed by atoms with van der Waals surface area (Å²) in [6.45, 7) is 4.16. The second kappa shape index (κ2) is 6.33. The Bertz CT molecular complexity index is 615. The summed E-state index contributed by atoms with van der Waals surface area (Å²) in [4.78, 5) is 9.01. The fourth-order valence-electron chi connectivity index (χ4n) is 1.82. The molecule has 0 atom stereocenters. The van der Waals surface area contributed by atoms with Gasteiger partial charge in [0.25, 0.3) is 0 Å². The highest BCUT2D eigenvalue weighted by Gasteiger charge is 2.13. The SMILES string of the molecule is CCCc1nc(-c2cc(Br)ccc2C)nc(Cl)c1Br.